The number of nitrogens with one attached hydrogen (secondary N) is 2. The molecule has 0 radical (unpaired) electrons. The fourth-order valence-corrected chi connectivity index (χ4v) is 1.63. The van der Waals surface area contributed by atoms with Crippen LogP contribution in [0.3, 0.4) is 0 Å². The van der Waals surface area contributed by atoms with Crippen molar-refractivity contribution in [2.45, 2.75) is 12.5 Å². The Labute approximate surface area is 106 Å². The molecule has 17 heavy (non-hydrogen) atoms. The lowest BCUT2D eigenvalue weighted by molar-refractivity contribution is 0.396. The van der Waals surface area contributed by atoms with Gasteiger partial charge in [0, 0.05) is 12.6 Å². The predicted octanol–water partition coefficient (Wildman–Crippen LogP) is 0.552. The Balaban J connectivity index is 0.00000144. The lowest BCUT2D eigenvalue weighted by Crippen LogP contribution is -2.23. The van der Waals surface area contributed by atoms with Crippen molar-refractivity contribution in [1.82, 2.24) is 15.3 Å². The molecule has 1 atom stereocenters. The summed E-state index contributed by atoms with van der Waals surface area (Å²) in [6.07, 6.45) is 2.52. The molecular weight excluding hydrogens is 242 g/mol. The van der Waals surface area contributed by atoms with Gasteiger partial charge in [-0.15, -0.1) is 12.4 Å². The Morgan fingerprint density at radius 2 is 2.47 bits per heavy atom. The summed E-state index contributed by atoms with van der Waals surface area (Å²) >= 11 is 0. The first kappa shape index (κ1) is 13.5. The van der Waals surface area contributed by atoms with Crippen molar-refractivity contribution in [3.8, 4) is 11.9 Å². The highest BCUT2D eigenvalue weighted by Gasteiger charge is 2.16. The van der Waals surface area contributed by atoms with E-state index < -0.39 is 0 Å². The van der Waals surface area contributed by atoms with Gasteiger partial charge >= 0.3 is 0 Å². The van der Waals surface area contributed by atoms with E-state index in [1.54, 1.807) is 0 Å². The molecule has 0 aliphatic carbocycles. The third-order valence-corrected chi connectivity index (χ3v) is 2.46. The van der Waals surface area contributed by atoms with E-state index in [2.05, 4.69) is 20.6 Å². The summed E-state index contributed by atoms with van der Waals surface area (Å²) in [7, 11) is 1.49. The Kier molecular flexibility index (Phi) is 4.94. The molecule has 92 valence electrons. The number of nitrogens with zero attached hydrogens (tertiary/aromatic N) is 3. The number of nitriles is 1. The quantitative estimate of drug-likeness (QED) is 0.821. The zero-order chi connectivity index (χ0) is 11.4. The van der Waals surface area contributed by atoms with Gasteiger partial charge in [0.15, 0.2) is 0 Å². The van der Waals surface area contributed by atoms with Crippen molar-refractivity contribution in [3.63, 3.8) is 0 Å². The van der Waals surface area contributed by atoms with Crippen LogP contribution >= 0.6 is 12.4 Å². The molecule has 0 amide bonds. The minimum absolute atomic E-state index is 0. The number of hydrogen-bond donors (Lipinski definition) is 2. The van der Waals surface area contributed by atoms with Gasteiger partial charge in [-0.2, -0.15) is 10.2 Å². The van der Waals surface area contributed by atoms with E-state index in [0.717, 1.165) is 19.5 Å². The smallest absolute Gasteiger partial charge is 0.236 e. The second-order valence-corrected chi connectivity index (χ2v) is 3.56. The molecule has 1 fully saturated rings. The summed E-state index contributed by atoms with van der Waals surface area (Å²) in [6, 6.07) is 2.32. The first-order chi connectivity index (χ1) is 7.83. The van der Waals surface area contributed by atoms with E-state index in [4.69, 9.17) is 10.00 Å². The maximum absolute atomic E-state index is 8.78. The van der Waals surface area contributed by atoms with Gasteiger partial charge in [0.1, 0.15) is 11.6 Å². The molecule has 6 nitrogen and oxygen atoms in total. The molecule has 2 rings (SSSR count). The Hall–Kier alpha value is -1.58. The molecular formula is C10H14ClN5O. The van der Waals surface area contributed by atoms with E-state index in [1.807, 2.05) is 6.07 Å². The molecule has 1 saturated heterocycles. The van der Waals surface area contributed by atoms with Crippen LogP contribution in [-0.4, -0.2) is 36.2 Å². The van der Waals surface area contributed by atoms with Crippen LogP contribution in [0.25, 0.3) is 0 Å². The molecule has 0 bridgehead atoms. The molecule has 2 N–H and O–H groups in total. The van der Waals surface area contributed by atoms with Crippen molar-refractivity contribution >= 4 is 18.4 Å². The predicted molar refractivity (Wildman–Crippen MR) is 65.4 cm³/mol. The SMILES string of the molecule is COc1nc(NC2CCNC2)ncc1C#N.Cl. The normalized spacial score (nSPS) is 18.0. The standard InChI is InChI=1S/C10H13N5O.ClH/c1-16-9-7(4-11)5-13-10(15-9)14-8-2-3-12-6-8;/h5,8,12H,2-3,6H2,1H3,(H,13,14,15);1H. The summed E-state index contributed by atoms with van der Waals surface area (Å²) in [5.41, 5.74) is 0.345. The molecule has 0 aromatic carbocycles. The number of rotatable bonds is 3. The summed E-state index contributed by atoms with van der Waals surface area (Å²) in [5, 5.41) is 15.2. The fraction of sp³-hybridized carbons (Fsp3) is 0.500. The highest BCUT2D eigenvalue weighted by atomic mass is 35.5. The second-order valence-electron chi connectivity index (χ2n) is 3.56. The number of aromatic nitrogens is 2. The number of halogens is 1. The third kappa shape index (κ3) is 3.19. The van der Waals surface area contributed by atoms with Crippen molar-refractivity contribution in [1.29, 1.82) is 5.26 Å². The Morgan fingerprint density at radius 3 is 3.06 bits per heavy atom. The summed E-state index contributed by atoms with van der Waals surface area (Å²) in [6.45, 7) is 1.91. The van der Waals surface area contributed by atoms with Crippen molar-refractivity contribution < 1.29 is 4.74 Å². The van der Waals surface area contributed by atoms with Crippen LogP contribution in [0.4, 0.5) is 5.95 Å². The van der Waals surface area contributed by atoms with Crippen LogP contribution in [0, 0.1) is 11.3 Å². The molecule has 1 aromatic rings. The van der Waals surface area contributed by atoms with Crippen molar-refractivity contribution in [3.05, 3.63) is 11.8 Å². The molecule has 7 heteroatoms. The van der Waals surface area contributed by atoms with Gasteiger partial charge in [-0.25, -0.2) is 4.98 Å². The summed E-state index contributed by atoms with van der Waals surface area (Å²) in [4.78, 5) is 8.20. The Bertz CT molecular complexity index is 414. The minimum Gasteiger partial charge on any atom is -0.480 e. The van der Waals surface area contributed by atoms with Crippen LogP contribution in [0.5, 0.6) is 5.88 Å². The van der Waals surface area contributed by atoms with Gasteiger partial charge in [-0.3, -0.25) is 0 Å². The van der Waals surface area contributed by atoms with Gasteiger partial charge in [0.05, 0.1) is 13.3 Å². The van der Waals surface area contributed by atoms with E-state index >= 15 is 0 Å². The highest BCUT2D eigenvalue weighted by Crippen LogP contribution is 2.15. The largest absolute Gasteiger partial charge is 0.480 e. The maximum Gasteiger partial charge on any atom is 0.236 e. The molecule has 1 aromatic heterocycles. The van der Waals surface area contributed by atoms with Crippen LogP contribution in [-0.2, 0) is 0 Å². The zero-order valence-corrected chi connectivity index (χ0v) is 10.3. The number of ether oxygens (including phenoxy) is 1. The molecule has 0 saturated carbocycles. The number of anilines is 1. The topological polar surface area (TPSA) is 82.9 Å². The lowest BCUT2D eigenvalue weighted by atomic mass is 10.3. The van der Waals surface area contributed by atoms with Crippen molar-refractivity contribution in [2.75, 3.05) is 25.5 Å². The first-order valence-corrected chi connectivity index (χ1v) is 5.12. The molecule has 1 aliphatic rings. The number of hydrogen-bond acceptors (Lipinski definition) is 6. The van der Waals surface area contributed by atoms with E-state index in [-0.39, 0.29) is 12.4 Å². The minimum atomic E-state index is 0. The molecule has 0 spiro atoms. The average molecular weight is 256 g/mol. The lowest BCUT2D eigenvalue weighted by Gasteiger charge is -2.11. The summed E-state index contributed by atoms with van der Waals surface area (Å²) < 4.78 is 5.01. The van der Waals surface area contributed by atoms with Crippen LogP contribution < -0.4 is 15.4 Å². The highest BCUT2D eigenvalue weighted by molar-refractivity contribution is 5.85. The van der Waals surface area contributed by atoms with Crippen LogP contribution in [0.15, 0.2) is 6.20 Å². The third-order valence-electron chi connectivity index (χ3n) is 2.46. The van der Waals surface area contributed by atoms with Crippen molar-refractivity contribution in [2.24, 2.45) is 0 Å². The van der Waals surface area contributed by atoms with Gasteiger partial charge in [0.2, 0.25) is 11.8 Å². The summed E-state index contributed by atoms with van der Waals surface area (Å²) in [5.74, 6) is 0.815. The monoisotopic (exact) mass is 255 g/mol. The maximum atomic E-state index is 8.78. The zero-order valence-electron chi connectivity index (χ0n) is 9.43. The van der Waals surface area contributed by atoms with Gasteiger partial charge < -0.3 is 15.4 Å². The fourth-order valence-electron chi connectivity index (χ4n) is 1.63. The van der Waals surface area contributed by atoms with Gasteiger partial charge in [-0.1, -0.05) is 0 Å². The van der Waals surface area contributed by atoms with E-state index in [9.17, 15) is 0 Å². The average Bonchev–Trinajstić information content (AvgIpc) is 2.81. The first-order valence-electron chi connectivity index (χ1n) is 5.12. The van der Waals surface area contributed by atoms with Crippen LogP contribution in [0.2, 0.25) is 0 Å². The Morgan fingerprint density at radius 1 is 1.65 bits per heavy atom. The van der Waals surface area contributed by atoms with Gasteiger partial charge in [-0.05, 0) is 13.0 Å². The second kappa shape index (κ2) is 6.23. The van der Waals surface area contributed by atoms with Gasteiger partial charge in [0.25, 0.3) is 0 Å². The molecule has 1 aliphatic heterocycles. The van der Waals surface area contributed by atoms with E-state index in [0.29, 0.717) is 23.4 Å². The molecule has 2 heterocycles. The number of methoxy groups -OCH3 is 1. The van der Waals surface area contributed by atoms with Crippen LogP contribution in [0.1, 0.15) is 12.0 Å². The molecule has 1 unspecified atom stereocenters. The van der Waals surface area contributed by atoms with E-state index in [1.165, 1.54) is 13.3 Å².